The first-order valence-electron chi connectivity index (χ1n) is 13.8. The van der Waals surface area contributed by atoms with E-state index >= 15 is 0 Å². The molecule has 1 N–H and O–H groups in total. The summed E-state index contributed by atoms with van der Waals surface area (Å²) in [5, 5.41) is 2.36. The van der Waals surface area contributed by atoms with E-state index in [1.807, 2.05) is 29.1 Å². The number of hydrogen-bond donors (Lipinski definition) is 1. The minimum absolute atomic E-state index is 0.195. The van der Waals surface area contributed by atoms with E-state index in [0.717, 1.165) is 28.2 Å². The van der Waals surface area contributed by atoms with Crippen LogP contribution in [0.25, 0.3) is 22.9 Å². The van der Waals surface area contributed by atoms with Crippen LogP contribution in [0.4, 0.5) is 17.1 Å². The molecule has 0 aliphatic rings. The molecule has 0 bridgehead atoms. The van der Waals surface area contributed by atoms with Crippen molar-refractivity contribution in [1.29, 1.82) is 0 Å². The third kappa shape index (κ3) is 7.69. The Morgan fingerprint density at radius 2 is 1.27 bits per heavy atom. The van der Waals surface area contributed by atoms with E-state index in [4.69, 9.17) is 4.55 Å². The van der Waals surface area contributed by atoms with Crippen LogP contribution in [-0.2, 0) is 16.7 Å². The molecule has 0 radical (unpaired) electrons. The molecule has 4 aromatic carbocycles. The second-order valence-electron chi connectivity index (χ2n) is 10.5. The molecule has 5 aromatic rings. The van der Waals surface area contributed by atoms with E-state index in [1.165, 1.54) is 21.9 Å². The molecule has 5 nitrogen and oxygen atoms in total. The fourth-order valence-electron chi connectivity index (χ4n) is 4.98. The van der Waals surface area contributed by atoms with Gasteiger partial charge in [-0.05, 0) is 95.8 Å². The number of hydrogen-bond acceptors (Lipinski definition) is 3. The van der Waals surface area contributed by atoms with Gasteiger partial charge in [-0.3, -0.25) is 4.55 Å². The summed E-state index contributed by atoms with van der Waals surface area (Å²) in [4.78, 5) is 2.31. The second kappa shape index (κ2) is 12.5. The van der Waals surface area contributed by atoms with E-state index in [-0.39, 0.29) is 5.75 Å². The van der Waals surface area contributed by atoms with Gasteiger partial charge in [-0.1, -0.05) is 54.6 Å². The van der Waals surface area contributed by atoms with Crippen LogP contribution >= 0.6 is 0 Å². The Bertz CT molecular complexity index is 1750. The zero-order valence-corrected chi connectivity index (χ0v) is 24.3. The fourth-order valence-corrected chi connectivity index (χ4v) is 5.54. The van der Waals surface area contributed by atoms with Crippen molar-refractivity contribution in [2.75, 3.05) is 10.7 Å². The Morgan fingerprint density at radius 1 is 0.683 bits per heavy atom. The zero-order chi connectivity index (χ0) is 28.8. The minimum Gasteiger partial charge on any atom is -0.310 e. The highest BCUT2D eigenvalue weighted by Crippen LogP contribution is 2.36. The number of unbranched alkanes of at least 4 members (excludes halogenated alkanes) is 1. The summed E-state index contributed by atoms with van der Waals surface area (Å²) in [7, 11) is -3.89. The Labute approximate surface area is 242 Å². The summed E-state index contributed by atoms with van der Waals surface area (Å²) >= 11 is 0. The maximum atomic E-state index is 10.9. The summed E-state index contributed by atoms with van der Waals surface area (Å²) in [6.07, 6.45) is 9.31. The van der Waals surface area contributed by atoms with Gasteiger partial charge in [-0.2, -0.15) is 8.42 Å². The molecular weight excluding hydrogens is 528 g/mol. The van der Waals surface area contributed by atoms with Crippen LogP contribution < -0.4 is 9.47 Å². The van der Waals surface area contributed by atoms with Gasteiger partial charge in [0, 0.05) is 35.6 Å². The summed E-state index contributed by atoms with van der Waals surface area (Å²) in [6.45, 7) is 4.95. The maximum absolute atomic E-state index is 10.9. The molecule has 0 saturated carbocycles. The first-order chi connectivity index (χ1) is 19.7. The molecule has 1 aromatic heterocycles. The van der Waals surface area contributed by atoms with Crippen molar-refractivity contribution in [3.63, 3.8) is 0 Å². The van der Waals surface area contributed by atoms with Crippen molar-refractivity contribution in [3.05, 3.63) is 132 Å². The van der Waals surface area contributed by atoms with Gasteiger partial charge in [0.25, 0.3) is 10.1 Å². The van der Waals surface area contributed by atoms with E-state index < -0.39 is 10.1 Å². The lowest BCUT2D eigenvalue weighted by Crippen LogP contribution is -2.32. The monoisotopic (exact) mass is 563 g/mol. The molecule has 0 aliphatic carbocycles. The van der Waals surface area contributed by atoms with Crippen LogP contribution in [0, 0.1) is 13.8 Å². The fraction of sp³-hybridized carbons (Fsp3) is 0.171. The van der Waals surface area contributed by atoms with E-state index in [0.29, 0.717) is 19.4 Å². The van der Waals surface area contributed by atoms with Crippen LogP contribution in [0.2, 0.25) is 0 Å². The topological polar surface area (TPSA) is 61.5 Å². The van der Waals surface area contributed by atoms with Crippen molar-refractivity contribution >= 4 is 50.1 Å². The summed E-state index contributed by atoms with van der Waals surface area (Å²) in [6, 6.07) is 34.4. The van der Waals surface area contributed by atoms with Gasteiger partial charge in [0.05, 0.1) is 5.75 Å². The first-order valence-corrected chi connectivity index (χ1v) is 15.4. The van der Waals surface area contributed by atoms with Crippen LogP contribution in [0.5, 0.6) is 0 Å². The van der Waals surface area contributed by atoms with Gasteiger partial charge in [0.2, 0.25) is 0 Å². The maximum Gasteiger partial charge on any atom is 0.264 e. The molecule has 0 saturated heterocycles. The molecule has 0 amide bonds. The molecular formula is C35H35N2O3S+. The van der Waals surface area contributed by atoms with Crippen LogP contribution in [0.1, 0.15) is 35.1 Å². The number of benzene rings is 4. The third-order valence-corrected chi connectivity index (χ3v) is 7.88. The Hall–Kier alpha value is -4.26. The zero-order valence-electron chi connectivity index (χ0n) is 23.4. The number of rotatable bonds is 10. The van der Waals surface area contributed by atoms with Crippen molar-refractivity contribution in [3.8, 4) is 0 Å². The molecule has 208 valence electrons. The van der Waals surface area contributed by atoms with Crippen LogP contribution in [-0.4, -0.2) is 18.7 Å². The van der Waals surface area contributed by atoms with Crippen molar-refractivity contribution < 1.29 is 17.5 Å². The Kier molecular flexibility index (Phi) is 8.62. The van der Waals surface area contributed by atoms with Gasteiger partial charge in [-0.15, -0.1) is 0 Å². The number of nitrogens with zero attached hydrogens (tertiary/aromatic N) is 2. The van der Waals surface area contributed by atoms with Gasteiger partial charge in [0.15, 0.2) is 12.4 Å². The lowest BCUT2D eigenvalue weighted by Gasteiger charge is -2.26. The molecule has 0 spiro atoms. The van der Waals surface area contributed by atoms with Gasteiger partial charge in [0.1, 0.15) is 6.54 Å². The largest absolute Gasteiger partial charge is 0.310 e. The summed E-state index contributed by atoms with van der Waals surface area (Å²) in [5.74, 6) is -0.195. The standard InChI is InChI=1S/C35H34N2O3S/c1-27-7-5-9-33(23-27)37(34-10-6-8-28(2)24-34)35-16-15-31-25-30(13-14-32(31)26-35)12-11-29-17-20-36(21-18-29)19-3-4-22-41(38,39)40/h5-18,20-21,23-26H,3-4,19,22H2,1-2H3/p+1. The molecule has 0 aliphatic heterocycles. The lowest BCUT2D eigenvalue weighted by molar-refractivity contribution is -0.697. The molecule has 6 heteroatoms. The minimum atomic E-state index is -3.89. The van der Waals surface area contributed by atoms with E-state index in [9.17, 15) is 8.42 Å². The predicted octanol–water partition coefficient (Wildman–Crippen LogP) is 8.05. The van der Waals surface area contributed by atoms with Crippen molar-refractivity contribution in [2.45, 2.75) is 33.2 Å². The first kappa shape index (κ1) is 28.3. The molecule has 41 heavy (non-hydrogen) atoms. The lowest BCUT2D eigenvalue weighted by atomic mass is 10.0. The highest BCUT2D eigenvalue weighted by atomic mass is 32.2. The molecule has 5 rings (SSSR count). The highest BCUT2D eigenvalue weighted by molar-refractivity contribution is 7.85. The Morgan fingerprint density at radius 3 is 1.90 bits per heavy atom. The van der Waals surface area contributed by atoms with Crippen LogP contribution in [0.3, 0.4) is 0 Å². The predicted molar refractivity (Wildman–Crippen MR) is 169 cm³/mol. The number of aryl methyl sites for hydroxylation is 3. The van der Waals surface area contributed by atoms with Crippen molar-refractivity contribution in [2.24, 2.45) is 0 Å². The number of aromatic nitrogens is 1. The molecule has 0 atom stereocenters. The number of pyridine rings is 1. The molecule has 0 fully saturated rings. The number of anilines is 3. The summed E-state index contributed by atoms with van der Waals surface area (Å²) < 4.78 is 32.6. The Balaban J connectivity index is 1.33. The van der Waals surface area contributed by atoms with Gasteiger partial charge in [-0.25, -0.2) is 4.57 Å². The van der Waals surface area contributed by atoms with Crippen molar-refractivity contribution in [1.82, 2.24) is 0 Å². The summed E-state index contributed by atoms with van der Waals surface area (Å²) in [5.41, 5.74) is 8.05. The van der Waals surface area contributed by atoms with E-state index in [1.54, 1.807) is 0 Å². The SMILES string of the molecule is Cc1cccc(N(c2cccc(C)c2)c2ccc3cc(/C=C/c4cc[n+](CCCCS(=O)(=O)O)cc4)ccc3c2)c1. The van der Waals surface area contributed by atoms with Gasteiger partial charge < -0.3 is 4.90 Å². The third-order valence-electron chi connectivity index (χ3n) is 7.08. The quantitative estimate of drug-likeness (QED) is 0.106. The highest BCUT2D eigenvalue weighted by Gasteiger charge is 2.13. The van der Waals surface area contributed by atoms with Gasteiger partial charge >= 0.3 is 0 Å². The average Bonchev–Trinajstić information content (AvgIpc) is 2.94. The van der Waals surface area contributed by atoms with Crippen LogP contribution in [0.15, 0.2) is 109 Å². The molecule has 1 heterocycles. The van der Waals surface area contributed by atoms with E-state index in [2.05, 4.69) is 116 Å². The number of fused-ring (bicyclic) bond motifs is 1. The second-order valence-corrected chi connectivity index (χ2v) is 12.1. The average molecular weight is 564 g/mol. The normalized spacial score (nSPS) is 11.8. The molecule has 0 unspecified atom stereocenters. The smallest absolute Gasteiger partial charge is 0.264 e.